The van der Waals surface area contributed by atoms with Crippen LogP contribution in [0.25, 0.3) is 0 Å². The largest absolute Gasteiger partial charge is 4.00 e. The summed E-state index contributed by atoms with van der Waals surface area (Å²) >= 11 is 0. The molecule has 0 amide bonds. The van der Waals surface area contributed by atoms with E-state index in [1.54, 1.807) is 13.8 Å². The summed E-state index contributed by atoms with van der Waals surface area (Å²) in [6.07, 6.45) is 1.09. The van der Waals surface area contributed by atoms with Gasteiger partial charge < -0.3 is 0 Å². The molecule has 2 nitrogen and oxygen atoms in total. The molecule has 0 bridgehead atoms. The van der Waals surface area contributed by atoms with Gasteiger partial charge in [-0.25, -0.2) is 0 Å². The minimum Gasteiger partial charge on any atom is -0.299 e. The van der Waals surface area contributed by atoms with E-state index in [0.717, 1.165) is 0 Å². The molecule has 0 heterocycles. The van der Waals surface area contributed by atoms with Crippen molar-refractivity contribution in [1.82, 2.24) is 0 Å². The Hall–Kier alpha value is 0.0283. The molecule has 0 rings (SSSR count). The zero-order chi connectivity index (χ0) is 7.28. The molecule has 0 atom stereocenters. The van der Waals surface area contributed by atoms with E-state index in [-0.39, 0.29) is 39.1 Å². The van der Waals surface area contributed by atoms with Crippen molar-refractivity contribution in [3.63, 3.8) is 0 Å². The fourth-order valence-electron chi connectivity index (χ4n) is 0.470. The average Bonchev–Trinajstić information content (AvgIpc) is 1.87. The van der Waals surface area contributed by atoms with Crippen LogP contribution in [0.5, 0.6) is 0 Å². The Morgan fingerprint density at radius 1 is 1.00 bits per heavy atom. The van der Waals surface area contributed by atoms with Crippen molar-refractivity contribution < 1.29 is 30.7 Å². The predicted molar refractivity (Wildman–Crippen MR) is 35.2 cm³/mol. The van der Waals surface area contributed by atoms with Gasteiger partial charge in [-0.3, -0.25) is 9.59 Å². The van der Waals surface area contributed by atoms with E-state index in [1.807, 2.05) is 0 Å². The number of hydrogen-bond donors (Lipinski definition) is 0. The quantitative estimate of drug-likeness (QED) is 0.732. The Bertz CT molecular complexity index is 107. The van der Waals surface area contributed by atoms with Gasteiger partial charge in [-0.05, 0) is 0 Å². The fraction of sp³-hybridized carbons (Fsp3) is 0.714. The minimum absolute atomic E-state index is 0. The number of rotatable bonds is 4. The summed E-state index contributed by atoms with van der Waals surface area (Å²) in [5.41, 5.74) is 0. The van der Waals surface area contributed by atoms with Gasteiger partial charge in [0.05, 0.1) is 6.42 Å². The van der Waals surface area contributed by atoms with Gasteiger partial charge in [0, 0.05) is 12.8 Å². The maximum Gasteiger partial charge on any atom is 4.00 e. The van der Waals surface area contributed by atoms with Crippen LogP contribution >= 0.6 is 0 Å². The SMILES string of the molecule is CCC(=O)CC(=O)CC.[Pt+4]. The molecule has 0 saturated heterocycles. The Labute approximate surface area is 75.6 Å². The van der Waals surface area contributed by atoms with Gasteiger partial charge >= 0.3 is 21.1 Å². The Balaban J connectivity index is 0. The molecule has 0 aliphatic rings. The zero-order valence-corrected chi connectivity index (χ0v) is 8.53. The van der Waals surface area contributed by atoms with Crippen molar-refractivity contribution in [3.8, 4) is 0 Å². The maximum absolute atomic E-state index is 10.6. The molecule has 0 aliphatic carbocycles. The van der Waals surface area contributed by atoms with Gasteiger partial charge in [-0.15, -0.1) is 0 Å². The van der Waals surface area contributed by atoms with E-state index in [9.17, 15) is 9.59 Å². The molecule has 0 aromatic carbocycles. The van der Waals surface area contributed by atoms with Crippen molar-refractivity contribution in [2.45, 2.75) is 33.1 Å². The molecule has 0 fully saturated rings. The molecular formula is C7H12O2Pt+4. The van der Waals surface area contributed by atoms with E-state index < -0.39 is 0 Å². The molecule has 0 aromatic heterocycles. The summed E-state index contributed by atoms with van der Waals surface area (Å²) in [6, 6.07) is 0. The van der Waals surface area contributed by atoms with Crippen LogP contribution in [0.1, 0.15) is 33.1 Å². The summed E-state index contributed by atoms with van der Waals surface area (Å²) < 4.78 is 0. The third-order valence-electron chi connectivity index (χ3n) is 1.18. The van der Waals surface area contributed by atoms with Crippen LogP contribution in [0.4, 0.5) is 0 Å². The first kappa shape index (κ1) is 12.7. The van der Waals surface area contributed by atoms with E-state index in [0.29, 0.717) is 12.8 Å². The van der Waals surface area contributed by atoms with Gasteiger partial charge in [0.15, 0.2) is 0 Å². The molecular weight excluding hydrogens is 311 g/mol. The zero-order valence-electron chi connectivity index (χ0n) is 6.25. The normalized spacial score (nSPS) is 8.20. The van der Waals surface area contributed by atoms with Crippen LogP contribution in [0.3, 0.4) is 0 Å². The van der Waals surface area contributed by atoms with Crippen molar-refractivity contribution in [3.05, 3.63) is 0 Å². The topological polar surface area (TPSA) is 34.1 Å². The molecule has 0 radical (unpaired) electrons. The molecule has 0 N–H and O–H groups in total. The number of ketones is 2. The van der Waals surface area contributed by atoms with E-state index in [2.05, 4.69) is 0 Å². The van der Waals surface area contributed by atoms with Crippen LogP contribution in [0, 0.1) is 0 Å². The Morgan fingerprint density at radius 3 is 1.50 bits per heavy atom. The van der Waals surface area contributed by atoms with Crippen molar-refractivity contribution in [2.75, 3.05) is 0 Å². The molecule has 10 heavy (non-hydrogen) atoms. The van der Waals surface area contributed by atoms with Gasteiger partial charge in [-0.1, -0.05) is 13.8 Å². The Morgan fingerprint density at radius 2 is 1.30 bits per heavy atom. The van der Waals surface area contributed by atoms with Gasteiger partial charge in [0.1, 0.15) is 11.6 Å². The van der Waals surface area contributed by atoms with Gasteiger partial charge in [-0.2, -0.15) is 0 Å². The monoisotopic (exact) mass is 323 g/mol. The molecule has 3 heteroatoms. The van der Waals surface area contributed by atoms with Crippen LogP contribution in [-0.2, 0) is 30.7 Å². The maximum atomic E-state index is 10.6. The second kappa shape index (κ2) is 7.14. The standard InChI is InChI=1S/C7H12O2.Pt/c1-3-6(8)5-7(9)4-2;/h3-5H2,1-2H3;/q;+4. The summed E-state index contributed by atoms with van der Waals surface area (Å²) in [6.45, 7) is 3.54. The second-order valence-electron chi connectivity index (χ2n) is 1.96. The van der Waals surface area contributed by atoms with Crippen LogP contribution < -0.4 is 0 Å². The van der Waals surface area contributed by atoms with E-state index in [4.69, 9.17) is 0 Å². The molecule has 0 saturated carbocycles. The number of carbonyl (C=O) groups is 2. The van der Waals surface area contributed by atoms with Crippen molar-refractivity contribution >= 4 is 11.6 Å². The third kappa shape index (κ3) is 6.15. The predicted octanol–water partition coefficient (Wildman–Crippen LogP) is 1.33. The van der Waals surface area contributed by atoms with Crippen molar-refractivity contribution in [1.29, 1.82) is 0 Å². The molecule has 0 spiro atoms. The molecule has 0 unspecified atom stereocenters. The minimum atomic E-state index is 0. The smallest absolute Gasteiger partial charge is 0.299 e. The third-order valence-corrected chi connectivity index (χ3v) is 1.18. The number of carbonyl (C=O) groups excluding carboxylic acids is 2. The van der Waals surface area contributed by atoms with Gasteiger partial charge in [0.2, 0.25) is 0 Å². The van der Waals surface area contributed by atoms with Gasteiger partial charge in [0.25, 0.3) is 0 Å². The molecule has 58 valence electrons. The fourth-order valence-corrected chi connectivity index (χ4v) is 0.470. The molecule has 0 aliphatic heterocycles. The molecule has 0 aromatic rings. The first-order valence-corrected chi connectivity index (χ1v) is 3.24. The summed E-state index contributed by atoms with van der Waals surface area (Å²) in [5.74, 6) is 0.0868. The Kier molecular flexibility index (Phi) is 9.05. The van der Waals surface area contributed by atoms with Crippen molar-refractivity contribution in [2.24, 2.45) is 0 Å². The number of hydrogen-bond acceptors (Lipinski definition) is 2. The summed E-state index contributed by atoms with van der Waals surface area (Å²) in [7, 11) is 0. The first-order chi connectivity index (χ1) is 4.20. The second-order valence-corrected chi connectivity index (χ2v) is 1.96. The van der Waals surface area contributed by atoms with Crippen LogP contribution in [0.2, 0.25) is 0 Å². The summed E-state index contributed by atoms with van der Waals surface area (Å²) in [5, 5.41) is 0. The number of Topliss-reactive ketones (excluding diaryl/α,β-unsaturated/α-hetero) is 2. The van der Waals surface area contributed by atoms with Crippen LogP contribution in [0.15, 0.2) is 0 Å². The average molecular weight is 323 g/mol. The summed E-state index contributed by atoms with van der Waals surface area (Å²) in [4.78, 5) is 21.1. The first-order valence-electron chi connectivity index (χ1n) is 3.24. The van der Waals surface area contributed by atoms with Crippen LogP contribution in [-0.4, -0.2) is 11.6 Å². The van der Waals surface area contributed by atoms with E-state index in [1.165, 1.54) is 0 Å². The van der Waals surface area contributed by atoms with E-state index >= 15 is 0 Å².